The number of carbonyl (C=O) groups excluding carboxylic acids is 1. The number of rotatable bonds is 2. The van der Waals surface area contributed by atoms with E-state index in [1.54, 1.807) is 66.7 Å². The summed E-state index contributed by atoms with van der Waals surface area (Å²) in [4.78, 5) is 25.1. The van der Waals surface area contributed by atoms with Gasteiger partial charge in [0.15, 0.2) is 0 Å². The first-order valence-corrected chi connectivity index (χ1v) is 7.46. The number of ether oxygens (including phenoxy) is 1. The molecular formula is C20H12O4. The minimum atomic E-state index is -0.518. The summed E-state index contributed by atoms with van der Waals surface area (Å²) >= 11 is 0. The van der Waals surface area contributed by atoms with E-state index in [0.717, 1.165) is 0 Å². The van der Waals surface area contributed by atoms with E-state index in [0.29, 0.717) is 22.1 Å². The number of fused-ring (bicyclic) bond motifs is 2. The van der Waals surface area contributed by atoms with Crippen molar-refractivity contribution in [2.24, 2.45) is 0 Å². The van der Waals surface area contributed by atoms with Gasteiger partial charge >= 0.3 is 5.97 Å². The van der Waals surface area contributed by atoms with Crippen molar-refractivity contribution >= 4 is 27.9 Å². The van der Waals surface area contributed by atoms with Gasteiger partial charge in [0.2, 0.25) is 5.43 Å². The van der Waals surface area contributed by atoms with Gasteiger partial charge in [-0.2, -0.15) is 0 Å². The molecule has 0 aliphatic rings. The van der Waals surface area contributed by atoms with E-state index < -0.39 is 5.97 Å². The molecule has 0 unspecified atom stereocenters. The normalized spacial score (nSPS) is 10.8. The second-order valence-electron chi connectivity index (χ2n) is 5.31. The van der Waals surface area contributed by atoms with Crippen LogP contribution >= 0.6 is 0 Å². The molecule has 0 bridgehead atoms. The summed E-state index contributed by atoms with van der Waals surface area (Å²) in [5, 5.41) is 0.716. The molecule has 116 valence electrons. The van der Waals surface area contributed by atoms with Crippen LogP contribution in [0.5, 0.6) is 5.75 Å². The molecule has 0 aliphatic heterocycles. The molecule has 0 saturated heterocycles. The van der Waals surface area contributed by atoms with E-state index >= 15 is 0 Å². The van der Waals surface area contributed by atoms with Crippen LogP contribution in [0.25, 0.3) is 21.9 Å². The predicted molar refractivity (Wildman–Crippen MR) is 91.4 cm³/mol. The van der Waals surface area contributed by atoms with Gasteiger partial charge in [-0.15, -0.1) is 0 Å². The van der Waals surface area contributed by atoms with Crippen molar-refractivity contribution in [3.8, 4) is 5.75 Å². The second kappa shape index (κ2) is 5.66. The third-order valence-corrected chi connectivity index (χ3v) is 3.78. The topological polar surface area (TPSA) is 56.5 Å². The summed E-state index contributed by atoms with van der Waals surface area (Å²) < 4.78 is 11.2. The number of esters is 1. The molecule has 1 aromatic heterocycles. The van der Waals surface area contributed by atoms with Crippen molar-refractivity contribution in [2.75, 3.05) is 0 Å². The highest BCUT2D eigenvalue weighted by Crippen LogP contribution is 2.26. The Balaban J connectivity index is 1.88. The largest absolute Gasteiger partial charge is 0.456 e. The average molecular weight is 316 g/mol. The first-order chi connectivity index (χ1) is 11.7. The van der Waals surface area contributed by atoms with E-state index in [-0.39, 0.29) is 16.6 Å². The van der Waals surface area contributed by atoms with E-state index in [4.69, 9.17) is 9.15 Å². The third-order valence-electron chi connectivity index (χ3n) is 3.78. The Bertz CT molecular complexity index is 1110. The monoisotopic (exact) mass is 316 g/mol. The number of benzene rings is 3. The lowest BCUT2D eigenvalue weighted by molar-refractivity contribution is 0.0737. The van der Waals surface area contributed by atoms with Gasteiger partial charge in [0.05, 0.1) is 10.9 Å². The van der Waals surface area contributed by atoms with Gasteiger partial charge in [-0.25, -0.2) is 4.79 Å². The maximum atomic E-state index is 12.8. The minimum Gasteiger partial charge on any atom is -0.456 e. The fraction of sp³-hybridized carbons (Fsp3) is 0. The molecule has 4 aromatic rings. The Morgan fingerprint density at radius 3 is 2.33 bits per heavy atom. The predicted octanol–water partition coefficient (Wildman–Crippen LogP) is 4.17. The molecule has 1 heterocycles. The van der Waals surface area contributed by atoms with Crippen molar-refractivity contribution in [1.29, 1.82) is 0 Å². The number of para-hydroxylation sites is 1. The van der Waals surface area contributed by atoms with Gasteiger partial charge in [0.25, 0.3) is 0 Å². The lowest BCUT2D eigenvalue weighted by Gasteiger charge is -2.08. The van der Waals surface area contributed by atoms with Crippen LogP contribution in [0.2, 0.25) is 0 Å². The molecule has 0 radical (unpaired) electrons. The number of hydrogen-bond donors (Lipinski definition) is 0. The summed E-state index contributed by atoms with van der Waals surface area (Å²) in [6, 6.07) is 20.6. The fourth-order valence-corrected chi connectivity index (χ4v) is 2.63. The van der Waals surface area contributed by atoms with Crippen molar-refractivity contribution in [3.63, 3.8) is 0 Å². The van der Waals surface area contributed by atoms with E-state index in [1.807, 2.05) is 6.07 Å². The highest BCUT2D eigenvalue weighted by atomic mass is 16.5. The van der Waals surface area contributed by atoms with E-state index in [1.165, 1.54) is 0 Å². The van der Waals surface area contributed by atoms with Crippen molar-refractivity contribution < 1.29 is 13.9 Å². The van der Waals surface area contributed by atoms with Gasteiger partial charge < -0.3 is 9.15 Å². The Morgan fingerprint density at radius 1 is 0.792 bits per heavy atom. The van der Waals surface area contributed by atoms with E-state index in [9.17, 15) is 9.59 Å². The van der Waals surface area contributed by atoms with Crippen LogP contribution in [0.4, 0.5) is 0 Å². The summed E-state index contributed by atoms with van der Waals surface area (Å²) in [6.45, 7) is 0. The molecule has 0 atom stereocenters. The van der Waals surface area contributed by atoms with Gasteiger partial charge in [-0.3, -0.25) is 4.79 Å². The second-order valence-corrected chi connectivity index (χ2v) is 5.31. The molecular weight excluding hydrogens is 304 g/mol. The molecule has 0 N–H and O–H groups in total. The quantitative estimate of drug-likeness (QED) is 0.316. The zero-order chi connectivity index (χ0) is 16.5. The highest BCUT2D eigenvalue weighted by Gasteiger charge is 2.15. The smallest absolute Gasteiger partial charge is 0.343 e. The van der Waals surface area contributed by atoms with Crippen molar-refractivity contribution in [2.45, 2.75) is 0 Å². The van der Waals surface area contributed by atoms with E-state index in [2.05, 4.69) is 0 Å². The molecule has 4 nitrogen and oxygen atoms in total. The zero-order valence-electron chi connectivity index (χ0n) is 12.6. The van der Waals surface area contributed by atoms with Crippen molar-refractivity contribution in [1.82, 2.24) is 0 Å². The van der Waals surface area contributed by atoms with Crippen LogP contribution in [-0.2, 0) is 0 Å². The van der Waals surface area contributed by atoms with Crippen LogP contribution < -0.4 is 10.2 Å². The number of carbonyl (C=O) groups is 1. The van der Waals surface area contributed by atoms with Crippen molar-refractivity contribution in [3.05, 3.63) is 88.6 Å². The molecule has 0 fully saturated rings. The Morgan fingerprint density at radius 2 is 1.50 bits per heavy atom. The standard InChI is InChI=1S/C20H12O4/c21-19-14-9-4-5-10-15(14)23-16-11-6-12-17(18(16)19)24-20(22)13-7-2-1-3-8-13/h1-12H. The molecule has 0 aliphatic carbocycles. The molecule has 3 aromatic carbocycles. The maximum Gasteiger partial charge on any atom is 0.343 e. The van der Waals surface area contributed by atoms with Crippen LogP contribution in [0.1, 0.15) is 10.4 Å². The summed E-state index contributed by atoms with van der Waals surface area (Å²) in [6.07, 6.45) is 0. The first kappa shape index (κ1) is 14.2. The zero-order valence-corrected chi connectivity index (χ0v) is 12.6. The Kier molecular flexibility index (Phi) is 3.35. The highest BCUT2D eigenvalue weighted by molar-refractivity contribution is 5.97. The van der Waals surface area contributed by atoms with Gasteiger partial charge in [0, 0.05) is 0 Å². The SMILES string of the molecule is O=C(Oc1cccc2oc3ccccc3c(=O)c12)c1ccccc1. The Hall–Kier alpha value is -3.40. The molecule has 4 heteroatoms. The molecule has 0 amide bonds. The van der Waals surface area contributed by atoms with Crippen LogP contribution in [0.3, 0.4) is 0 Å². The van der Waals surface area contributed by atoms with Crippen LogP contribution in [0.15, 0.2) is 82.0 Å². The first-order valence-electron chi connectivity index (χ1n) is 7.46. The van der Waals surface area contributed by atoms with Gasteiger partial charge in [0.1, 0.15) is 22.3 Å². The molecule has 0 spiro atoms. The minimum absolute atomic E-state index is 0.195. The summed E-state index contributed by atoms with van der Waals surface area (Å²) in [5.41, 5.74) is 1.08. The maximum absolute atomic E-state index is 12.8. The van der Waals surface area contributed by atoms with Gasteiger partial charge in [-0.05, 0) is 36.4 Å². The molecule has 4 rings (SSSR count). The van der Waals surface area contributed by atoms with Gasteiger partial charge in [-0.1, -0.05) is 36.4 Å². The van der Waals surface area contributed by atoms with Crippen LogP contribution in [-0.4, -0.2) is 5.97 Å². The number of hydrogen-bond acceptors (Lipinski definition) is 4. The lowest BCUT2D eigenvalue weighted by Crippen LogP contribution is -2.11. The average Bonchev–Trinajstić information content (AvgIpc) is 2.62. The summed E-state index contributed by atoms with van der Waals surface area (Å²) in [7, 11) is 0. The fourth-order valence-electron chi connectivity index (χ4n) is 2.63. The van der Waals surface area contributed by atoms with Crippen LogP contribution in [0, 0.1) is 0 Å². The summed E-state index contributed by atoms with van der Waals surface area (Å²) in [5.74, 6) is -0.323. The molecule has 24 heavy (non-hydrogen) atoms. The Labute approximate surface area is 136 Å². The lowest BCUT2D eigenvalue weighted by atomic mass is 10.1. The molecule has 0 saturated carbocycles. The third kappa shape index (κ3) is 2.34.